The van der Waals surface area contributed by atoms with E-state index in [0.29, 0.717) is 18.8 Å². The van der Waals surface area contributed by atoms with E-state index in [-0.39, 0.29) is 17.4 Å². The molecule has 0 aliphatic carbocycles. The molecule has 0 heterocycles. The Morgan fingerprint density at radius 3 is 2.07 bits per heavy atom. The number of hydrogen-bond acceptors (Lipinski definition) is 4. The van der Waals surface area contributed by atoms with Crippen LogP contribution in [0.5, 0.6) is 0 Å². The highest BCUT2D eigenvalue weighted by molar-refractivity contribution is 6.04. The summed E-state index contributed by atoms with van der Waals surface area (Å²) in [4.78, 5) is 24.2. The molecule has 29 heavy (non-hydrogen) atoms. The minimum absolute atomic E-state index is 0.104. The van der Waals surface area contributed by atoms with Crippen molar-refractivity contribution in [1.82, 2.24) is 0 Å². The van der Waals surface area contributed by atoms with Crippen LogP contribution in [0.1, 0.15) is 76.1 Å². The molecule has 0 unspecified atom stereocenters. The summed E-state index contributed by atoms with van der Waals surface area (Å²) >= 11 is 0. The van der Waals surface area contributed by atoms with Crippen molar-refractivity contribution < 1.29 is 19.1 Å². The van der Waals surface area contributed by atoms with Crippen LogP contribution in [-0.4, -0.2) is 25.2 Å². The molecule has 2 rings (SSSR count). The second-order valence-corrected chi connectivity index (χ2v) is 8.16. The minimum atomic E-state index is -0.385. The first-order valence-electron chi connectivity index (χ1n) is 10.8. The molecule has 4 nitrogen and oxygen atoms in total. The van der Waals surface area contributed by atoms with E-state index in [4.69, 9.17) is 9.47 Å². The predicted octanol–water partition coefficient (Wildman–Crippen LogP) is 6.32. The van der Waals surface area contributed by atoms with Gasteiger partial charge in [-0.05, 0) is 49.9 Å². The van der Waals surface area contributed by atoms with Gasteiger partial charge in [-0.15, -0.1) is 0 Å². The maximum absolute atomic E-state index is 12.3. The normalized spacial score (nSPS) is 11.4. The Hall–Kier alpha value is -2.36. The van der Waals surface area contributed by atoms with Gasteiger partial charge in [-0.2, -0.15) is 0 Å². The Balaban J connectivity index is 1.54. The zero-order valence-corrected chi connectivity index (χ0v) is 18.0. The highest BCUT2D eigenvalue weighted by Gasteiger charge is 2.26. The monoisotopic (exact) mass is 398 g/mol. The van der Waals surface area contributed by atoms with Gasteiger partial charge >= 0.3 is 11.9 Å². The number of esters is 2. The van der Waals surface area contributed by atoms with Gasteiger partial charge < -0.3 is 9.47 Å². The maximum atomic E-state index is 12.3. The number of fused-ring (bicyclic) bond motifs is 1. The fraction of sp³-hybridized carbons (Fsp3) is 0.520. The van der Waals surface area contributed by atoms with E-state index in [9.17, 15) is 9.59 Å². The highest BCUT2D eigenvalue weighted by atomic mass is 16.5. The molecule has 0 atom stereocenters. The topological polar surface area (TPSA) is 52.6 Å². The Morgan fingerprint density at radius 1 is 0.793 bits per heavy atom. The van der Waals surface area contributed by atoms with Crippen molar-refractivity contribution in [2.24, 2.45) is 5.41 Å². The van der Waals surface area contributed by atoms with Crippen LogP contribution in [0.2, 0.25) is 0 Å². The first-order chi connectivity index (χ1) is 14.0. The lowest BCUT2D eigenvalue weighted by Crippen LogP contribution is -2.26. The van der Waals surface area contributed by atoms with Gasteiger partial charge in [0.15, 0.2) is 0 Å². The smallest absolute Gasteiger partial charge is 0.338 e. The summed E-state index contributed by atoms with van der Waals surface area (Å²) < 4.78 is 10.8. The number of carbonyl (C=O) groups is 2. The van der Waals surface area contributed by atoms with E-state index in [1.54, 1.807) is 0 Å². The number of ether oxygens (including phenoxy) is 2. The van der Waals surface area contributed by atoms with Crippen molar-refractivity contribution in [3.05, 3.63) is 48.0 Å². The first-order valence-corrected chi connectivity index (χ1v) is 10.8. The van der Waals surface area contributed by atoms with E-state index >= 15 is 0 Å². The molecular weight excluding hydrogens is 364 g/mol. The quantitative estimate of drug-likeness (QED) is 0.310. The van der Waals surface area contributed by atoms with Gasteiger partial charge in [-0.3, -0.25) is 4.79 Å². The number of unbranched alkanes of at least 4 members (excludes halogenated alkanes) is 5. The molecular formula is C25H34O4. The summed E-state index contributed by atoms with van der Waals surface area (Å²) in [6, 6.07) is 13.6. The molecule has 0 spiro atoms. The van der Waals surface area contributed by atoms with E-state index in [1.807, 2.05) is 63.2 Å². The molecule has 0 bridgehead atoms. The van der Waals surface area contributed by atoms with Crippen LogP contribution in [0.15, 0.2) is 42.5 Å². The molecule has 2 aromatic rings. The predicted molar refractivity (Wildman–Crippen MR) is 117 cm³/mol. The molecule has 2 aromatic carbocycles. The van der Waals surface area contributed by atoms with Gasteiger partial charge in [0.25, 0.3) is 0 Å². The van der Waals surface area contributed by atoms with Crippen molar-refractivity contribution in [3.63, 3.8) is 0 Å². The van der Waals surface area contributed by atoms with Crippen LogP contribution in [0.3, 0.4) is 0 Å². The summed E-state index contributed by atoms with van der Waals surface area (Å²) in [6.45, 7) is 6.79. The highest BCUT2D eigenvalue weighted by Crippen LogP contribution is 2.22. The third kappa shape index (κ3) is 7.19. The van der Waals surface area contributed by atoms with E-state index in [0.717, 1.165) is 55.7 Å². The minimum Gasteiger partial charge on any atom is -0.465 e. The average Bonchev–Trinajstić information content (AvgIpc) is 2.74. The number of rotatable bonds is 12. The lowest BCUT2D eigenvalue weighted by Gasteiger charge is -2.20. The maximum Gasteiger partial charge on any atom is 0.338 e. The van der Waals surface area contributed by atoms with E-state index in [1.165, 1.54) is 0 Å². The standard InChI is InChI=1S/C25H34O4/c1-4-25(2,3)24(27)29-19-12-8-6-5-7-11-18-28-23(26)22-17-13-15-20-14-9-10-16-21(20)22/h9-10,13-17H,4-8,11-12,18-19H2,1-3H3. The Kier molecular flexibility index (Phi) is 9.17. The lowest BCUT2D eigenvalue weighted by atomic mass is 9.91. The van der Waals surface area contributed by atoms with Crippen LogP contribution in [0.25, 0.3) is 10.8 Å². The van der Waals surface area contributed by atoms with Crippen molar-refractivity contribution in [2.45, 2.75) is 65.7 Å². The Labute approximate surface area is 174 Å². The van der Waals surface area contributed by atoms with E-state index < -0.39 is 0 Å². The van der Waals surface area contributed by atoms with Crippen LogP contribution in [0.4, 0.5) is 0 Å². The molecule has 0 aliphatic heterocycles. The van der Waals surface area contributed by atoms with Crippen LogP contribution < -0.4 is 0 Å². The molecule has 0 saturated heterocycles. The SMILES string of the molecule is CCC(C)(C)C(=O)OCCCCCCCCOC(=O)c1cccc2ccccc12. The molecule has 4 heteroatoms. The van der Waals surface area contributed by atoms with Gasteiger partial charge in [-0.1, -0.05) is 69.0 Å². The van der Waals surface area contributed by atoms with Gasteiger partial charge in [0, 0.05) is 0 Å². The van der Waals surface area contributed by atoms with Crippen LogP contribution in [0, 0.1) is 5.41 Å². The molecule has 0 saturated carbocycles. The van der Waals surface area contributed by atoms with Crippen LogP contribution >= 0.6 is 0 Å². The lowest BCUT2D eigenvalue weighted by molar-refractivity contribution is -0.154. The van der Waals surface area contributed by atoms with Crippen molar-refractivity contribution in [3.8, 4) is 0 Å². The summed E-state index contributed by atoms with van der Waals surface area (Å²) in [7, 11) is 0. The molecule has 0 aliphatic rings. The van der Waals surface area contributed by atoms with Gasteiger partial charge in [0.2, 0.25) is 0 Å². The Morgan fingerprint density at radius 2 is 1.38 bits per heavy atom. The van der Waals surface area contributed by atoms with Crippen molar-refractivity contribution >= 4 is 22.7 Å². The Bertz CT molecular complexity index is 789. The second-order valence-electron chi connectivity index (χ2n) is 8.16. The van der Waals surface area contributed by atoms with Crippen LogP contribution in [-0.2, 0) is 14.3 Å². The number of benzene rings is 2. The van der Waals surface area contributed by atoms with Crippen molar-refractivity contribution in [2.75, 3.05) is 13.2 Å². The molecule has 0 fully saturated rings. The first kappa shape index (κ1) is 22.9. The molecule has 0 amide bonds. The third-order valence-corrected chi connectivity index (χ3v) is 5.45. The number of hydrogen-bond donors (Lipinski definition) is 0. The van der Waals surface area contributed by atoms with Crippen molar-refractivity contribution in [1.29, 1.82) is 0 Å². The molecule has 0 N–H and O–H groups in total. The zero-order valence-electron chi connectivity index (χ0n) is 18.0. The summed E-state index contributed by atoms with van der Waals surface area (Å²) in [5, 5.41) is 1.98. The second kappa shape index (κ2) is 11.6. The van der Waals surface area contributed by atoms with Gasteiger partial charge in [0.05, 0.1) is 24.2 Å². The zero-order chi connectivity index (χ0) is 21.1. The number of carbonyl (C=O) groups excluding carboxylic acids is 2. The average molecular weight is 399 g/mol. The fourth-order valence-corrected chi connectivity index (χ4v) is 3.06. The van der Waals surface area contributed by atoms with E-state index in [2.05, 4.69) is 0 Å². The molecule has 0 radical (unpaired) electrons. The van der Waals surface area contributed by atoms with Gasteiger partial charge in [0.1, 0.15) is 0 Å². The molecule has 0 aromatic heterocycles. The third-order valence-electron chi connectivity index (χ3n) is 5.45. The summed E-state index contributed by atoms with van der Waals surface area (Å²) in [5.74, 6) is -0.355. The fourth-order valence-electron chi connectivity index (χ4n) is 3.06. The summed E-state index contributed by atoms with van der Waals surface area (Å²) in [5.41, 5.74) is 0.243. The molecule has 158 valence electrons. The van der Waals surface area contributed by atoms with Gasteiger partial charge in [-0.25, -0.2) is 4.79 Å². The largest absolute Gasteiger partial charge is 0.465 e. The summed E-state index contributed by atoms with van der Waals surface area (Å²) in [6.07, 6.45) is 6.85.